The molecule has 0 spiro atoms. The second-order valence-corrected chi connectivity index (χ2v) is 7.13. The molecule has 0 bridgehead atoms. The molecule has 0 N–H and O–H groups in total. The molecule has 0 heterocycles. The van der Waals surface area contributed by atoms with Crippen molar-refractivity contribution < 1.29 is 4.39 Å². The lowest BCUT2D eigenvalue weighted by atomic mass is 10.0. The Bertz CT molecular complexity index is 623. The van der Waals surface area contributed by atoms with Crippen LogP contribution in [-0.2, 0) is 0 Å². The maximum Gasteiger partial charge on any atom is 0.128 e. The van der Waals surface area contributed by atoms with Crippen LogP contribution in [-0.4, -0.2) is 0 Å². The SMILES string of the molecule is Cc1ccc(C(Br)c2cc(Br)c(C)cc2Br)c(F)c1. The first-order valence-corrected chi connectivity index (χ1v) is 8.26. The Morgan fingerprint density at radius 2 is 1.63 bits per heavy atom. The van der Waals surface area contributed by atoms with Crippen molar-refractivity contribution in [3.05, 3.63) is 67.3 Å². The van der Waals surface area contributed by atoms with Crippen LogP contribution >= 0.6 is 47.8 Å². The van der Waals surface area contributed by atoms with Crippen molar-refractivity contribution in [3.63, 3.8) is 0 Å². The Kier molecular flexibility index (Phi) is 4.85. The summed E-state index contributed by atoms with van der Waals surface area (Å²) in [7, 11) is 0. The smallest absolute Gasteiger partial charge is 0.128 e. The largest absolute Gasteiger partial charge is 0.207 e. The summed E-state index contributed by atoms with van der Waals surface area (Å²) in [6.07, 6.45) is 0. The molecule has 0 saturated heterocycles. The molecule has 0 nitrogen and oxygen atoms in total. The van der Waals surface area contributed by atoms with E-state index in [9.17, 15) is 4.39 Å². The summed E-state index contributed by atoms with van der Waals surface area (Å²) >= 11 is 10.6. The minimum atomic E-state index is -0.189. The molecule has 100 valence electrons. The summed E-state index contributed by atoms with van der Waals surface area (Å²) in [5.74, 6) is -0.189. The first kappa shape index (κ1) is 15.2. The first-order valence-electron chi connectivity index (χ1n) is 5.76. The molecule has 0 amide bonds. The fourth-order valence-corrected chi connectivity index (χ4v) is 3.97. The van der Waals surface area contributed by atoms with E-state index >= 15 is 0 Å². The Morgan fingerprint density at radius 1 is 0.947 bits per heavy atom. The van der Waals surface area contributed by atoms with Gasteiger partial charge in [-0.15, -0.1) is 0 Å². The lowest BCUT2D eigenvalue weighted by molar-refractivity contribution is 0.612. The van der Waals surface area contributed by atoms with Crippen molar-refractivity contribution in [3.8, 4) is 0 Å². The van der Waals surface area contributed by atoms with Gasteiger partial charge >= 0.3 is 0 Å². The summed E-state index contributed by atoms with van der Waals surface area (Å²) < 4.78 is 16.0. The van der Waals surface area contributed by atoms with Gasteiger partial charge in [0, 0.05) is 14.5 Å². The molecule has 2 aromatic carbocycles. The fraction of sp³-hybridized carbons (Fsp3) is 0.200. The Labute approximate surface area is 137 Å². The molecule has 19 heavy (non-hydrogen) atoms. The summed E-state index contributed by atoms with van der Waals surface area (Å²) in [6.45, 7) is 3.91. The van der Waals surface area contributed by atoms with Crippen molar-refractivity contribution in [2.45, 2.75) is 18.7 Å². The number of aryl methyl sites for hydroxylation is 2. The number of rotatable bonds is 2. The summed E-state index contributed by atoms with van der Waals surface area (Å²) in [5.41, 5.74) is 3.70. The molecule has 0 radical (unpaired) electrons. The molecule has 4 heteroatoms. The number of alkyl halides is 1. The highest BCUT2D eigenvalue weighted by atomic mass is 79.9. The zero-order valence-electron chi connectivity index (χ0n) is 10.5. The van der Waals surface area contributed by atoms with Crippen molar-refractivity contribution in [2.24, 2.45) is 0 Å². The van der Waals surface area contributed by atoms with Crippen LogP contribution in [0.3, 0.4) is 0 Å². The van der Waals surface area contributed by atoms with Crippen LogP contribution in [0.25, 0.3) is 0 Å². The quantitative estimate of drug-likeness (QED) is 0.461. The molecule has 0 aliphatic carbocycles. The van der Waals surface area contributed by atoms with E-state index in [1.165, 1.54) is 0 Å². The third-order valence-electron chi connectivity index (χ3n) is 2.98. The van der Waals surface area contributed by atoms with Crippen molar-refractivity contribution >= 4 is 47.8 Å². The molecule has 0 aliphatic heterocycles. The molecular formula is C15H12Br3F. The van der Waals surface area contributed by atoms with Crippen molar-refractivity contribution in [2.75, 3.05) is 0 Å². The molecule has 2 aromatic rings. The maximum absolute atomic E-state index is 14.0. The Balaban J connectivity index is 2.49. The lowest BCUT2D eigenvalue weighted by Crippen LogP contribution is -1.99. The second kappa shape index (κ2) is 6.06. The van der Waals surface area contributed by atoms with Gasteiger partial charge in [-0.05, 0) is 48.7 Å². The van der Waals surface area contributed by atoms with Gasteiger partial charge in [-0.1, -0.05) is 59.9 Å². The van der Waals surface area contributed by atoms with E-state index in [-0.39, 0.29) is 10.6 Å². The van der Waals surface area contributed by atoms with E-state index in [0.717, 1.165) is 25.6 Å². The van der Waals surface area contributed by atoms with Crippen LogP contribution < -0.4 is 0 Å². The molecule has 1 unspecified atom stereocenters. The monoisotopic (exact) mass is 448 g/mol. The number of halogens is 4. The summed E-state index contributed by atoms with van der Waals surface area (Å²) in [4.78, 5) is -0.181. The van der Waals surface area contributed by atoms with Crippen LogP contribution in [0.4, 0.5) is 4.39 Å². The third kappa shape index (κ3) is 3.29. The Morgan fingerprint density at radius 3 is 2.26 bits per heavy atom. The van der Waals surface area contributed by atoms with E-state index in [4.69, 9.17) is 0 Å². The molecule has 0 aliphatic rings. The molecular weight excluding hydrogens is 439 g/mol. The van der Waals surface area contributed by atoms with Gasteiger partial charge in [0.1, 0.15) is 5.82 Å². The lowest BCUT2D eigenvalue weighted by Gasteiger charge is -2.15. The highest BCUT2D eigenvalue weighted by Gasteiger charge is 2.18. The molecule has 2 rings (SSSR count). The van der Waals surface area contributed by atoms with E-state index < -0.39 is 0 Å². The predicted octanol–water partition coefficient (Wildman–Crippen LogP) is 6.45. The fourth-order valence-electron chi connectivity index (χ4n) is 1.86. The van der Waals surface area contributed by atoms with Crippen LogP contribution in [0.5, 0.6) is 0 Å². The van der Waals surface area contributed by atoms with Gasteiger partial charge in [0.05, 0.1) is 4.83 Å². The average Bonchev–Trinajstić information content (AvgIpc) is 2.33. The molecule has 0 aromatic heterocycles. The molecule has 0 fully saturated rings. The third-order valence-corrected chi connectivity index (χ3v) is 5.51. The van der Waals surface area contributed by atoms with Gasteiger partial charge in [0.2, 0.25) is 0 Å². The summed E-state index contributed by atoms with van der Waals surface area (Å²) in [5, 5.41) is 0. The van der Waals surface area contributed by atoms with Gasteiger partial charge in [0.15, 0.2) is 0 Å². The van der Waals surface area contributed by atoms with Crippen LogP contribution in [0.1, 0.15) is 27.1 Å². The zero-order chi connectivity index (χ0) is 14.2. The highest BCUT2D eigenvalue weighted by molar-refractivity contribution is 9.11. The minimum absolute atomic E-state index is 0.181. The summed E-state index contributed by atoms with van der Waals surface area (Å²) in [6, 6.07) is 9.34. The minimum Gasteiger partial charge on any atom is -0.207 e. The second-order valence-electron chi connectivity index (χ2n) is 4.51. The van der Waals surface area contributed by atoms with Crippen molar-refractivity contribution in [1.29, 1.82) is 0 Å². The average molecular weight is 451 g/mol. The van der Waals surface area contributed by atoms with Gasteiger partial charge in [-0.3, -0.25) is 0 Å². The Hall–Kier alpha value is -0.190. The van der Waals surface area contributed by atoms with Crippen LogP contribution in [0, 0.1) is 19.7 Å². The zero-order valence-corrected chi connectivity index (χ0v) is 15.2. The number of benzene rings is 2. The maximum atomic E-state index is 14.0. The van der Waals surface area contributed by atoms with Crippen molar-refractivity contribution in [1.82, 2.24) is 0 Å². The van der Waals surface area contributed by atoms with E-state index in [2.05, 4.69) is 47.8 Å². The number of hydrogen-bond acceptors (Lipinski definition) is 0. The molecule has 1 atom stereocenters. The van der Waals surface area contributed by atoms with Gasteiger partial charge in [-0.2, -0.15) is 0 Å². The van der Waals surface area contributed by atoms with E-state index in [1.54, 1.807) is 6.07 Å². The number of hydrogen-bond donors (Lipinski definition) is 0. The van der Waals surface area contributed by atoms with E-state index in [1.807, 2.05) is 38.1 Å². The predicted molar refractivity (Wildman–Crippen MR) is 88.5 cm³/mol. The topological polar surface area (TPSA) is 0 Å². The highest BCUT2D eigenvalue weighted by Crippen LogP contribution is 2.39. The normalized spacial score (nSPS) is 12.5. The van der Waals surface area contributed by atoms with Gasteiger partial charge < -0.3 is 0 Å². The van der Waals surface area contributed by atoms with Crippen LogP contribution in [0.15, 0.2) is 39.3 Å². The standard InChI is InChI=1S/C15H12Br3F/c1-8-3-4-10(14(19)5-8)15(18)11-7-12(16)9(2)6-13(11)17/h3-7,15H,1-2H3. The van der Waals surface area contributed by atoms with Gasteiger partial charge in [0.25, 0.3) is 0 Å². The molecule has 0 saturated carbocycles. The van der Waals surface area contributed by atoms with Gasteiger partial charge in [-0.25, -0.2) is 4.39 Å². The first-order chi connectivity index (χ1) is 8.90. The van der Waals surface area contributed by atoms with E-state index in [0.29, 0.717) is 5.56 Å². The van der Waals surface area contributed by atoms with Crippen LogP contribution in [0.2, 0.25) is 0 Å².